The minimum absolute atomic E-state index is 0.182. The van der Waals surface area contributed by atoms with Gasteiger partial charge in [0.1, 0.15) is 5.82 Å². The Bertz CT molecular complexity index is 423. The SMILES string of the molecule is Cc1cc2c(F)cccc2cn1. The van der Waals surface area contributed by atoms with E-state index >= 15 is 0 Å². The van der Waals surface area contributed by atoms with Gasteiger partial charge in [0.15, 0.2) is 0 Å². The molecule has 0 aliphatic carbocycles. The maximum absolute atomic E-state index is 13.1. The van der Waals surface area contributed by atoms with Crippen LogP contribution in [-0.4, -0.2) is 4.98 Å². The molecule has 1 aromatic heterocycles. The van der Waals surface area contributed by atoms with E-state index in [0.29, 0.717) is 5.39 Å². The smallest absolute Gasteiger partial charge is 0.131 e. The average molecular weight is 161 g/mol. The summed E-state index contributed by atoms with van der Waals surface area (Å²) in [5, 5.41) is 1.49. The molecule has 1 nitrogen and oxygen atoms in total. The fourth-order valence-electron chi connectivity index (χ4n) is 1.24. The molecule has 0 N–H and O–H groups in total. The van der Waals surface area contributed by atoms with Crippen LogP contribution in [0.4, 0.5) is 4.39 Å². The standard InChI is InChI=1S/C10H8FN/c1-7-5-9-8(6-12-7)3-2-4-10(9)11/h2-6H,1H3. The van der Waals surface area contributed by atoms with Gasteiger partial charge in [-0.05, 0) is 19.1 Å². The van der Waals surface area contributed by atoms with Crippen LogP contribution >= 0.6 is 0 Å². The third-order valence-electron chi connectivity index (χ3n) is 1.85. The Labute approximate surface area is 69.9 Å². The summed E-state index contributed by atoms with van der Waals surface area (Å²) in [7, 11) is 0. The van der Waals surface area contributed by atoms with Crippen LogP contribution in [0.25, 0.3) is 10.8 Å². The fourth-order valence-corrected chi connectivity index (χ4v) is 1.24. The topological polar surface area (TPSA) is 12.9 Å². The number of fused-ring (bicyclic) bond motifs is 1. The van der Waals surface area contributed by atoms with E-state index in [0.717, 1.165) is 11.1 Å². The molecule has 2 aromatic rings. The van der Waals surface area contributed by atoms with Crippen LogP contribution in [0.3, 0.4) is 0 Å². The summed E-state index contributed by atoms with van der Waals surface area (Å²) < 4.78 is 13.1. The van der Waals surface area contributed by atoms with Crippen molar-refractivity contribution in [2.75, 3.05) is 0 Å². The summed E-state index contributed by atoms with van der Waals surface area (Å²) in [6.45, 7) is 1.85. The van der Waals surface area contributed by atoms with Gasteiger partial charge in [0.2, 0.25) is 0 Å². The van der Waals surface area contributed by atoms with Gasteiger partial charge in [-0.3, -0.25) is 4.98 Å². The molecule has 0 bridgehead atoms. The molecule has 0 amide bonds. The first kappa shape index (κ1) is 7.22. The first-order chi connectivity index (χ1) is 5.77. The minimum atomic E-state index is -0.182. The number of aryl methyl sites for hydroxylation is 1. The van der Waals surface area contributed by atoms with Gasteiger partial charge in [-0.25, -0.2) is 4.39 Å². The Morgan fingerprint density at radius 2 is 2.17 bits per heavy atom. The zero-order chi connectivity index (χ0) is 8.55. The Hall–Kier alpha value is -1.44. The van der Waals surface area contributed by atoms with E-state index in [1.165, 1.54) is 6.07 Å². The van der Waals surface area contributed by atoms with Gasteiger partial charge in [0, 0.05) is 22.7 Å². The predicted octanol–water partition coefficient (Wildman–Crippen LogP) is 2.68. The van der Waals surface area contributed by atoms with Crippen LogP contribution in [0.15, 0.2) is 30.5 Å². The summed E-state index contributed by atoms with van der Waals surface area (Å²) in [6, 6.07) is 6.76. The number of nitrogens with zero attached hydrogens (tertiary/aromatic N) is 1. The zero-order valence-corrected chi connectivity index (χ0v) is 6.71. The minimum Gasteiger partial charge on any atom is -0.261 e. The molecule has 12 heavy (non-hydrogen) atoms. The van der Waals surface area contributed by atoms with E-state index in [1.54, 1.807) is 18.3 Å². The average Bonchev–Trinajstić information content (AvgIpc) is 2.07. The molecule has 0 unspecified atom stereocenters. The van der Waals surface area contributed by atoms with Crippen molar-refractivity contribution in [1.82, 2.24) is 4.98 Å². The molecular weight excluding hydrogens is 153 g/mol. The number of halogens is 1. The highest BCUT2D eigenvalue weighted by Crippen LogP contribution is 2.16. The van der Waals surface area contributed by atoms with Crippen LogP contribution < -0.4 is 0 Å². The number of hydrogen-bond acceptors (Lipinski definition) is 1. The number of hydrogen-bond donors (Lipinski definition) is 0. The third kappa shape index (κ3) is 1.05. The Kier molecular flexibility index (Phi) is 1.54. The molecule has 0 radical (unpaired) electrons. The lowest BCUT2D eigenvalue weighted by atomic mass is 10.1. The molecule has 0 atom stereocenters. The summed E-state index contributed by atoms with van der Waals surface area (Å²) in [6.07, 6.45) is 1.69. The van der Waals surface area contributed by atoms with Crippen molar-refractivity contribution in [3.8, 4) is 0 Å². The number of rotatable bonds is 0. The molecule has 2 heteroatoms. The second kappa shape index (κ2) is 2.55. The van der Waals surface area contributed by atoms with Crippen LogP contribution in [0.5, 0.6) is 0 Å². The monoisotopic (exact) mass is 161 g/mol. The summed E-state index contributed by atoms with van der Waals surface area (Å²) in [5.74, 6) is -0.182. The highest BCUT2D eigenvalue weighted by Gasteiger charge is 1.99. The molecular formula is C10H8FN. The van der Waals surface area contributed by atoms with E-state index in [4.69, 9.17) is 0 Å². The normalized spacial score (nSPS) is 10.5. The molecule has 0 fully saturated rings. The molecule has 2 rings (SSSR count). The van der Waals surface area contributed by atoms with Gasteiger partial charge < -0.3 is 0 Å². The lowest BCUT2D eigenvalue weighted by molar-refractivity contribution is 0.639. The highest BCUT2D eigenvalue weighted by molar-refractivity contribution is 5.82. The van der Waals surface area contributed by atoms with E-state index in [2.05, 4.69) is 4.98 Å². The predicted molar refractivity (Wildman–Crippen MR) is 46.4 cm³/mol. The first-order valence-electron chi connectivity index (χ1n) is 3.78. The van der Waals surface area contributed by atoms with Crippen molar-refractivity contribution < 1.29 is 4.39 Å². The molecule has 60 valence electrons. The first-order valence-corrected chi connectivity index (χ1v) is 3.78. The van der Waals surface area contributed by atoms with Crippen LogP contribution in [0, 0.1) is 12.7 Å². The molecule has 0 aliphatic rings. The van der Waals surface area contributed by atoms with Gasteiger partial charge in [0.05, 0.1) is 0 Å². The quantitative estimate of drug-likeness (QED) is 0.578. The van der Waals surface area contributed by atoms with Crippen molar-refractivity contribution in [1.29, 1.82) is 0 Å². The van der Waals surface area contributed by atoms with Crippen LogP contribution in [0.1, 0.15) is 5.69 Å². The zero-order valence-electron chi connectivity index (χ0n) is 6.71. The second-order valence-corrected chi connectivity index (χ2v) is 2.79. The molecule has 1 heterocycles. The van der Waals surface area contributed by atoms with Crippen molar-refractivity contribution in [2.24, 2.45) is 0 Å². The third-order valence-corrected chi connectivity index (χ3v) is 1.85. The molecule has 0 spiro atoms. The van der Waals surface area contributed by atoms with Crippen molar-refractivity contribution in [3.05, 3.63) is 42.0 Å². The summed E-state index contributed by atoms with van der Waals surface area (Å²) in [4.78, 5) is 4.08. The lowest BCUT2D eigenvalue weighted by Gasteiger charge is -1.98. The van der Waals surface area contributed by atoms with Gasteiger partial charge in [-0.1, -0.05) is 12.1 Å². The van der Waals surface area contributed by atoms with Crippen LogP contribution in [0.2, 0.25) is 0 Å². The van der Waals surface area contributed by atoms with Gasteiger partial charge >= 0.3 is 0 Å². The van der Waals surface area contributed by atoms with Crippen molar-refractivity contribution in [2.45, 2.75) is 6.92 Å². The Morgan fingerprint density at radius 1 is 1.33 bits per heavy atom. The largest absolute Gasteiger partial charge is 0.261 e. The lowest BCUT2D eigenvalue weighted by Crippen LogP contribution is -1.83. The van der Waals surface area contributed by atoms with Gasteiger partial charge in [-0.2, -0.15) is 0 Å². The Balaban J connectivity index is 2.88. The van der Waals surface area contributed by atoms with E-state index in [-0.39, 0.29) is 5.82 Å². The molecule has 0 aliphatic heterocycles. The maximum atomic E-state index is 13.1. The highest BCUT2D eigenvalue weighted by atomic mass is 19.1. The van der Waals surface area contributed by atoms with E-state index in [9.17, 15) is 4.39 Å². The molecule has 1 aromatic carbocycles. The fraction of sp³-hybridized carbons (Fsp3) is 0.100. The van der Waals surface area contributed by atoms with Crippen molar-refractivity contribution >= 4 is 10.8 Å². The van der Waals surface area contributed by atoms with Crippen LogP contribution in [-0.2, 0) is 0 Å². The molecule has 0 saturated carbocycles. The summed E-state index contributed by atoms with van der Waals surface area (Å²) in [5.41, 5.74) is 0.840. The molecule has 0 saturated heterocycles. The van der Waals surface area contributed by atoms with Gasteiger partial charge in [-0.15, -0.1) is 0 Å². The Morgan fingerprint density at radius 3 is 3.00 bits per heavy atom. The van der Waals surface area contributed by atoms with E-state index in [1.807, 2.05) is 13.0 Å². The number of pyridine rings is 1. The maximum Gasteiger partial charge on any atom is 0.131 e. The number of aromatic nitrogens is 1. The van der Waals surface area contributed by atoms with E-state index < -0.39 is 0 Å². The van der Waals surface area contributed by atoms with Gasteiger partial charge in [0.25, 0.3) is 0 Å². The summed E-state index contributed by atoms with van der Waals surface area (Å²) >= 11 is 0. The second-order valence-electron chi connectivity index (χ2n) is 2.79. The number of benzene rings is 1. The van der Waals surface area contributed by atoms with Crippen molar-refractivity contribution in [3.63, 3.8) is 0 Å².